The van der Waals surface area contributed by atoms with Gasteiger partial charge in [0.1, 0.15) is 0 Å². The van der Waals surface area contributed by atoms with Crippen LogP contribution in [0.3, 0.4) is 0 Å². The third-order valence-corrected chi connectivity index (χ3v) is 6.34. The molecule has 0 aromatic rings. The van der Waals surface area contributed by atoms with E-state index >= 15 is 0 Å². The van der Waals surface area contributed by atoms with Crippen molar-refractivity contribution < 1.29 is 20.1 Å². The molecule has 1 fully saturated rings. The van der Waals surface area contributed by atoms with Crippen LogP contribution in [0.4, 0.5) is 0 Å². The SMILES string of the molecule is CCCC[C@H](C)C[C@H](O)/C=C/C1[C@H](O)C[C@@H]2C=C(CCCCC(=O)O)C[C@H]12. The molecule has 0 bridgehead atoms. The second kappa shape index (κ2) is 11.0. The van der Waals surface area contributed by atoms with E-state index in [2.05, 4.69) is 26.0 Å². The number of carboxylic acids is 1. The van der Waals surface area contributed by atoms with Gasteiger partial charge in [0.15, 0.2) is 0 Å². The van der Waals surface area contributed by atoms with Crippen molar-refractivity contribution in [2.45, 2.75) is 90.3 Å². The fourth-order valence-electron chi connectivity index (χ4n) is 4.84. The molecular formula is C23H38O4. The third kappa shape index (κ3) is 7.08. The second-order valence-electron chi connectivity index (χ2n) is 8.77. The zero-order valence-corrected chi connectivity index (χ0v) is 17.0. The van der Waals surface area contributed by atoms with Crippen molar-refractivity contribution in [2.24, 2.45) is 23.7 Å². The topological polar surface area (TPSA) is 77.8 Å². The number of carboxylic acid groups (broad SMARTS) is 1. The summed E-state index contributed by atoms with van der Waals surface area (Å²) in [4.78, 5) is 10.6. The van der Waals surface area contributed by atoms with Crippen LogP contribution in [0.2, 0.25) is 0 Å². The molecule has 0 spiro atoms. The number of rotatable bonds is 12. The first-order valence-electron chi connectivity index (χ1n) is 10.9. The molecule has 0 aromatic carbocycles. The summed E-state index contributed by atoms with van der Waals surface area (Å²) in [5, 5.41) is 29.5. The molecule has 4 nitrogen and oxygen atoms in total. The molecule has 3 N–H and O–H groups in total. The van der Waals surface area contributed by atoms with Crippen LogP contribution in [0.5, 0.6) is 0 Å². The molecule has 154 valence electrons. The Morgan fingerprint density at radius 1 is 1.33 bits per heavy atom. The van der Waals surface area contributed by atoms with Crippen molar-refractivity contribution in [3.8, 4) is 0 Å². The lowest BCUT2D eigenvalue weighted by Gasteiger charge is -2.19. The number of unbranched alkanes of at least 4 members (excludes halogenated alkanes) is 2. The van der Waals surface area contributed by atoms with Gasteiger partial charge in [0.05, 0.1) is 12.2 Å². The van der Waals surface area contributed by atoms with Crippen LogP contribution in [0.1, 0.15) is 78.1 Å². The highest BCUT2D eigenvalue weighted by Crippen LogP contribution is 2.48. The molecule has 0 amide bonds. The number of hydrogen-bond donors (Lipinski definition) is 3. The van der Waals surface area contributed by atoms with Crippen molar-refractivity contribution in [2.75, 3.05) is 0 Å². The largest absolute Gasteiger partial charge is 0.481 e. The van der Waals surface area contributed by atoms with E-state index in [4.69, 9.17) is 5.11 Å². The minimum atomic E-state index is -0.719. The molecule has 1 saturated carbocycles. The van der Waals surface area contributed by atoms with Gasteiger partial charge < -0.3 is 15.3 Å². The number of hydrogen-bond acceptors (Lipinski definition) is 3. The molecule has 0 aliphatic heterocycles. The Hall–Kier alpha value is -1.13. The van der Waals surface area contributed by atoms with Crippen molar-refractivity contribution in [3.05, 3.63) is 23.8 Å². The summed E-state index contributed by atoms with van der Waals surface area (Å²) < 4.78 is 0. The average Bonchev–Trinajstić information content (AvgIpc) is 3.11. The Balaban J connectivity index is 1.79. The molecule has 0 aromatic heterocycles. The highest BCUT2D eigenvalue weighted by molar-refractivity contribution is 5.66. The zero-order chi connectivity index (χ0) is 19.8. The number of aliphatic hydroxyl groups excluding tert-OH is 2. The summed E-state index contributed by atoms with van der Waals surface area (Å²) in [5.41, 5.74) is 1.43. The molecule has 1 unspecified atom stereocenters. The summed E-state index contributed by atoms with van der Waals surface area (Å²) in [6.45, 7) is 4.39. The van der Waals surface area contributed by atoms with E-state index in [1.807, 2.05) is 6.08 Å². The standard InChI is InChI=1S/C23H38O4/c1-3-4-7-16(2)12-19(24)10-11-20-21-14-17(8-5-6-9-23(26)27)13-18(21)15-22(20)25/h10-11,13,16,18-22,24-25H,3-9,12,14-15H2,1-2H3,(H,26,27)/b11-10+/t16-,18-,19+,20?,21-,22+/m0/s1. The fourth-order valence-corrected chi connectivity index (χ4v) is 4.84. The Bertz CT molecular complexity index is 524. The van der Waals surface area contributed by atoms with Crippen molar-refractivity contribution in [3.63, 3.8) is 0 Å². The molecule has 4 heteroatoms. The minimum Gasteiger partial charge on any atom is -0.481 e. The normalized spacial score (nSPS) is 29.7. The van der Waals surface area contributed by atoms with E-state index in [-0.39, 0.29) is 18.4 Å². The maximum atomic E-state index is 10.6. The highest BCUT2D eigenvalue weighted by Gasteiger charge is 2.43. The lowest BCUT2D eigenvalue weighted by Crippen LogP contribution is -2.18. The van der Waals surface area contributed by atoms with Gasteiger partial charge in [0.25, 0.3) is 0 Å². The van der Waals surface area contributed by atoms with Crippen LogP contribution >= 0.6 is 0 Å². The summed E-state index contributed by atoms with van der Waals surface area (Å²) in [6.07, 6.45) is 14.6. The lowest BCUT2D eigenvalue weighted by atomic mass is 9.88. The quantitative estimate of drug-likeness (QED) is 0.339. The van der Waals surface area contributed by atoms with Crippen molar-refractivity contribution >= 4 is 5.97 Å². The van der Waals surface area contributed by atoms with Gasteiger partial charge in [0.2, 0.25) is 0 Å². The number of aliphatic hydroxyl groups is 2. The Labute approximate surface area is 164 Å². The predicted molar refractivity (Wildman–Crippen MR) is 108 cm³/mol. The first-order chi connectivity index (χ1) is 12.9. The number of allylic oxidation sites excluding steroid dienone is 2. The molecule has 0 saturated heterocycles. The molecule has 0 radical (unpaired) electrons. The molecule has 2 aliphatic carbocycles. The van der Waals surface area contributed by atoms with Crippen LogP contribution in [-0.4, -0.2) is 33.5 Å². The monoisotopic (exact) mass is 378 g/mol. The van der Waals surface area contributed by atoms with E-state index in [9.17, 15) is 15.0 Å². The lowest BCUT2D eigenvalue weighted by molar-refractivity contribution is -0.137. The van der Waals surface area contributed by atoms with E-state index in [1.54, 1.807) is 0 Å². The minimum absolute atomic E-state index is 0.128. The second-order valence-corrected chi connectivity index (χ2v) is 8.77. The molecular weight excluding hydrogens is 340 g/mol. The van der Waals surface area contributed by atoms with Crippen LogP contribution in [0, 0.1) is 23.7 Å². The molecule has 0 heterocycles. The van der Waals surface area contributed by atoms with Gasteiger partial charge in [-0.1, -0.05) is 56.9 Å². The van der Waals surface area contributed by atoms with Gasteiger partial charge in [-0.05, 0) is 56.3 Å². The first-order valence-corrected chi connectivity index (χ1v) is 10.9. The Morgan fingerprint density at radius 3 is 2.81 bits per heavy atom. The zero-order valence-electron chi connectivity index (χ0n) is 17.0. The van der Waals surface area contributed by atoms with Crippen LogP contribution in [-0.2, 0) is 4.79 Å². The predicted octanol–water partition coefficient (Wildman–Crippen LogP) is 4.71. The van der Waals surface area contributed by atoms with Crippen LogP contribution in [0.25, 0.3) is 0 Å². The molecule has 27 heavy (non-hydrogen) atoms. The first kappa shape index (κ1) is 22.2. The van der Waals surface area contributed by atoms with Gasteiger partial charge in [-0.2, -0.15) is 0 Å². The maximum Gasteiger partial charge on any atom is 0.303 e. The number of aliphatic carboxylic acids is 1. The summed E-state index contributed by atoms with van der Waals surface area (Å²) in [5.74, 6) is 0.808. The van der Waals surface area contributed by atoms with E-state index in [0.717, 1.165) is 44.9 Å². The molecule has 2 rings (SSSR count). The Morgan fingerprint density at radius 2 is 2.11 bits per heavy atom. The Kier molecular flexibility index (Phi) is 9.04. The smallest absolute Gasteiger partial charge is 0.303 e. The van der Waals surface area contributed by atoms with Gasteiger partial charge in [-0.3, -0.25) is 4.79 Å². The van der Waals surface area contributed by atoms with E-state index in [1.165, 1.54) is 18.4 Å². The van der Waals surface area contributed by atoms with Crippen molar-refractivity contribution in [1.29, 1.82) is 0 Å². The highest BCUT2D eigenvalue weighted by atomic mass is 16.4. The number of carbonyl (C=O) groups is 1. The van der Waals surface area contributed by atoms with Gasteiger partial charge in [-0.25, -0.2) is 0 Å². The number of fused-ring (bicyclic) bond motifs is 1. The fraction of sp³-hybridized carbons (Fsp3) is 0.783. The third-order valence-electron chi connectivity index (χ3n) is 6.34. The van der Waals surface area contributed by atoms with Gasteiger partial charge >= 0.3 is 5.97 Å². The van der Waals surface area contributed by atoms with E-state index in [0.29, 0.717) is 17.8 Å². The van der Waals surface area contributed by atoms with Crippen LogP contribution in [0.15, 0.2) is 23.8 Å². The summed E-state index contributed by atoms with van der Waals surface area (Å²) >= 11 is 0. The van der Waals surface area contributed by atoms with E-state index < -0.39 is 12.1 Å². The average molecular weight is 379 g/mol. The molecule has 6 atom stereocenters. The van der Waals surface area contributed by atoms with Crippen LogP contribution < -0.4 is 0 Å². The summed E-state index contributed by atoms with van der Waals surface area (Å²) in [6, 6.07) is 0. The van der Waals surface area contributed by atoms with Gasteiger partial charge in [-0.15, -0.1) is 0 Å². The maximum absolute atomic E-state index is 10.6. The van der Waals surface area contributed by atoms with Crippen molar-refractivity contribution in [1.82, 2.24) is 0 Å². The van der Waals surface area contributed by atoms with Gasteiger partial charge in [0, 0.05) is 12.3 Å². The summed E-state index contributed by atoms with van der Waals surface area (Å²) in [7, 11) is 0. The molecule has 2 aliphatic rings.